The van der Waals surface area contributed by atoms with Gasteiger partial charge in [0.25, 0.3) is 0 Å². The Labute approximate surface area is 155 Å². The van der Waals surface area contributed by atoms with Gasteiger partial charge in [-0.3, -0.25) is 5.41 Å². The lowest BCUT2D eigenvalue weighted by Crippen LogP contribution is -2.28. The SMILES string of the molecule is CC(C)(C)Nc1ncnc(N)c1C(=N)c1cc2ccc(C(O)=C=O)cc2[nH]1. The van der Waals surface area contributed by atoms with Crippen molar-refractivity contribution in [1.29, 1.82) is 5.41 Å². The molecule has 8 nitrogen and oxygen atoms in total. The maximum atomic E-state index is 10.6. The van der Waals surface area contributed by atoms with Gasteiger partial charge in [-0.25, -0.2) is 14.8 Å². The number of aromatic nitrogens is 3. The van der Waals surface area contributed by atoms with E-state index in [2.05, 4.69) is 20.3 Å². The Balaban J connectivity index is 2.07. The molecule has 0 saturated carbocycles. The molecular weight excluding hydrogens is 344 g/mol. The second-order valence-electron chi connectivity index (χ2n) is 7.17. The van der Waals surface area contributed by atoms with E-state index < -0.39 is 5.76 Å². The third-order valence-corrected chi connectivity index (χ3v) is 3.88. The summed E-state index contributed by atoms with van der Waals surface area (Å²) < 4.78 is 0. The second-order valence-corrected chi connectivity index (χ2v) is 7.17. The number of aliphatic hydroxyl groups excluding tert-OH is 1. The van der Waals surface area contributed by atoms with Crippen molar-refractivity contribution in [2.75, 3.05) is 11.1 Å². The van der Waals surface area contributed by atoms with Gasteiger partial charge in [0.1, 0.15) is 18.0 Å². The van der Waals surface area contributed by atoms with Crippen molar-refractivity contribution in [1.82, 2.24) is 15.0 Å². The van der Waals surface area contributed by atoms with E-state index in [-0.39, 0.29) is 17.1 Å². The maximum absolute atomic E-state index is 10.6. The standard InChI is InChI=1S/C19H20N6O2/c1-19(2,3)25-18-15(17(21)22-9-23-18)16(20)13-6-10-4-5-11(14(27)8-26)7-12(10)24-13/h4-7,9,20,24,27H,1-3H3,(H3,21,22,23,25). The molecule has 0 saturated heterocycles. The number of aromatic amines is 1. The number of nitrogens with two attached hydrogens (primary N) is 1. The summed E-state index contributed by atoms with van der Waals surface area (Å²) in [5.74, 6) is 1.66. The highest BCUT2D eigenvalue weighted by Crippen LogP contribution is 2.26. The lowest BCUT2D eigenvalue weighted by Gasteiger charge is -2.23. The summed E-state index contributed by atoms with van der Waals surface area (Å²) in [7, 11) is 0. The molecule has 0 fully saturated rings. The Hall–Kier alpha value is -3.64. The predicted octanol–water partition coefficient (Wildman–Crippen LogP) is 2.90. The monoisotopic (exact) mass is 364 g/mol. The van der Waals surface area contributed by atoms with Crippen LogP contribution in [0.15, 0.2) is 30.6 Å². The van der Waals surface area contributed by atoms with Crippen LogP contribution in [0.3, 0.4) is 0 Å². The van der Waals surface area contributed by atoms with Crippen molar-refractivity contribution in [2.45, 2.75) is 26.3 Å². The average molecular weight is 364 g/mol. The molecule has 6 N–H and O–H groups in total. The van der Waals surface area contributed by atoms with Crippen LogP contribution in [0.1, 0.15) is 37.6 Å². The molecular formula is C19H20N6O2. The van der Waals surface area contributed by atoms with Gasteiger partial charge in [0.2, 0.25) is 5.76 Å². The summed E-state index contributed by atoms with van der Waals surface area (Å²) in [6.45, 7) is 5.95. The van der Waals surface area contributed by atoms with Gasteiger partial charge in [0, 0.05) is 22.0 Å². The van der Waals surface area contributed by atoms with E-state index in [0.29, 0.717) is 28.2 Å². The molecule has 0 unspecified atom stereocenters. The van der Waals surface area contributed by atoms with Crippen LogP contribution in [0, 0.1) is 5.41 Å². The van der Waals surface area contributed by atoms with Crippen molar-refractivity contribution < 1.29 is 9.90 Å². The van der Waals surface area contributed by atoms with E-state index in [1.54, 1.807) is 24.3 Å². The Morgan fingerprint density at radius 1 is 1.30 bits per heavy atom. The highest BCUT2D eigenvalue weighted by Gasteiger charge is 2.21. The number of hydrogen-bond acceptors (Lipinski definition) is 7. The molecule has 2 heterocycles. The normalized spacial score (nSPS) is 11.2. The van der Waals surface area contributed by atoms with Crippen LogP contribution in [0.4, 0.5) is 11.6 Å². The van der Waals surface area contributed by atoms with Crippen LogP contribution in [0.2, 0.25) is 0 Å². The Kier molecular flexibility index (Phi) is 4.43. The number of benzene rings is 1. The minimum Gasteiger partial charge on any atom is -0.499 e. The summed E-state index contributed by atoms with van der Waals surface area (Å²) in [4.78, 5) is 22.0. The van der Waals surface area contributed by atoms with Gasteiger partial charge in [-0.2, -0.15) is 0 Å². The molecule has 0 spiro atoms. The number of nitrogens with zero attached hydrogens (tertiary/aromatic N) is 2. The fourth-order valence-corrected chi connectivity index (χ4v) is 2.70. The molecule has 3 aromatic rings. The van der Waals surface area contributed by atoms with Gasteiger partial charge in [-0.1, -0.05) is 6.07 Å². The Morgan fingerprint density at radius 2 is 2.04 bits per heavy atom. The molecule has 0 aliphatic rings. The molecule has 0 radical (unpaired) electrons. The number of rotatable bonds is 4. The van der Waals surface area contributed by atoms with Gasteiger partial charge in [-0.15, -0.1) is 0 Å². The van der Waals surface area contributed by atoms with Gasteiger partial charge < -0.3 is 21.1 Å². The quantitative estimate of drug-likeness (QED) is 0.274. The zero-order chi connectivity index (χ0) is 19.8. The minimum absolute atomic E-state index is 0.132. The zero-order valence-electron chi connectivity index (χ0n) is 15.2. The lowest BCUT2D eigenvalue weighted by atomic mass is 10.1. The molecule has 0 aliphatic heterocycles. The van der Waals surface area contributed by atoms with Crippen LogP contribution in [0.25, 0.3) is 16.7 Å². The van der Waals surface area contributed by atoms with E-state index in [9.17, 15) is 9.90 Å². The molecule has 3 rings (SSSR count). The van der Waals surface area contributed by atoms with Crippen LogP contribution >= 0.6 is 0 Å². The molecule has 0 aliphatic carbocycles. The number of nitrogen functional groups attached to an aromatic ring is 1. The third kappa shape index (κ3) is 3.65. The molecule has 0 atom stereocenters. The van der Waals surface area contributed by atoms with Crippen molar-refractivity contribution >= 4 is 40.0 Å². The first-order chi connectivity index (χ1) is 12.7. The number of anilines is 2. The largest absolute Gasteiger partial charge is 0.499 e. The van der Waals surface area contributed by atoms with E-state index >= 15 is 0 Å². The van der Waals surface area contributed by atoms with Crippen LogP contribution in [-0.2, 0) is 4.79 Å². The summed E-state index contributed by atoms with van der Waals surface area (Å²) in [6, 6.07) is 6.75. The van der Waals surface area contributed by atoms with E-state index in [1.165, 1.54) is 12.3 Å². The van der Waals surface area contributed by atoms with Crippen molar-refractivity contribution in [3.63, 3.8) is 0 Å². The fourth-order valence-electron chi connectivity index (χ4n) is 2.70. The Bertz CT molecular complexity index is 1090. The third-order valence-electron chi connectivity index (χ3n) is 3.88. The van der Waals surface area contributed by atoms with Gasteiger partial charge >= 0.3 is 0 Å². The van der Waals surface area contributed by atoms with Crippen molar-refractivity contribution in [2.24, 2.45) is 0 Å². The van der Waals surface area contributed by atoms with E-state index in [4.69, 9.17) is 11.1 Å². The molecule has 8 heteroatoms. The number of hydrogen-bond donors (Lipinski definition) is 5. The van der Waals surface area contributed by atoms with Crippen LogP contribution in [-0.4, -0.2) is 37.3 Å². The summed E-state index contributed by atoms with van der Waals surface area (Å²) in [5, 5.41) is 22.2. The van der Waals surface area contributed by atoms with E-state index in [0.717, 1.165) is 5.39 Å². The molecule has 0 bridgehead atoms. The van der Waals surface area contributed by atoms with Crippen molar-refractivity contribution in [3.8, 4) is 0 Å². The van der Waals surface area contributed by atoms with Crippen LogP contribution in [0.5, 0.6) is 0 Å². The molecule has 138 valence electrons. The number of nitrogens with one attached hydrogen (secondary N) is 3. The maximum Gasteiger partial charge on any atom is 0.208 e. The first kappa shape index (κ1) is 18.2. The summed E-state index contributed by atoms with van der Waals surface area (Å²) in [6.07, 6.45) is 1.35. The first-order valence-corrected chi connectivity index (χ1v) is 8.25. The van der Waals surface area contributed by atoms with Crippen LogP contribution < -0.4 is 11.1 Å². The highest BCUT2D eigenvalue weighted by molar-refractivity contribution is 6.16. The van der Waals surface area contributed by atoms with Gasteiger partial charge in [0.15, 0.2) is 5.94 Å². The first-order valence-electron chi connectivity index (χ1n) is 8.25. The topological polar surface area (TPSA) is 141 Å². The predicted molar refractivity (Wildman–Crippen MR) is 106 cm³/mol. The number of carbonyl (C=O) groups excluding carboxylic acids is 1. The van der Waals surface area contributed by atoms with E-state index in [1.807, 2.05) is 20.8 Å². The van der Waals surface area contributed by atoms with Gasteiger partial charge in [0.05, 0.1) is 17.0 Å². The molecule has 1 aromatic carbocycles. The average Bonchev–Trinajstić information content (AvgIpc) is 3.02. The number of aliphatic hydroxyl groups is 1. The minimum atomic E-state index is -0.472. The second kappa shape index (κ2) is 6.59. The number of fused-ring (bicyclic) bond motifs is 1. The summed E-state index contributed by atoms with van der Waals surface area (Å²) >= 11 is 0. The lowest BCUT2D eigenvalue weighted by molar-refractivity contribution is 0.503. The fraction of sp³-hybridized carbons (Fsp3) is 0.211. The highest BCUT2D eigenvalue weighted by atomic mass is 16.3. The van der Waals surface area contributed by atoms with Crippen molar-refractivity contribution in [3.05, 3.63) is 47.4 Å². The molecule has 0 amide bonds. The molecule has 27 heavy (non-hydrogen) atoms. The zero-order valence-corrected chi connectivity index (χ0v) is 15.2. The Morgan fingerprint density at radius 3 is 2.70 bits per heavy atom. The number of H-pyrrole nitrogens is 1. The smallest absolute Gasteiger partial charge is 0.208 e. The summed E-state index contributed by atoms with van der Waals surface area (Å²) in [5.41, 5.74) is 7.80. The molecule has 2 aromatic heterocycles. The van der Waals surface area contributed by atoms with Gasteiger partial charge in [-0.05, 0) is 39.0 Å².